The number of allylic oxidation sites excluding steroid dienone is 11. The first-order chi connectivity index (χ1) is 43.7. The smallest absolute Gasteiger partial charge is 0.306 e. The normalized spacial score (nSPS) is 18.5. The number of esters is 1. The molecule has 0 aromatic carbocycles. The molecule has 0 radical (unpaired) electrons. The Kier molecular flexibility index (Phi) is 61.6. The molecular formula is C78H141NO10. The fourth-order valence-electron chi connectivity index (χ4n) is 11.6. The van der Waals surface area contributed by atoms with Gasteiger partial charge in [0, 0.05) is 6.42 Å². The van der Waals surface area contributed by atoms with Gasteiger partial charge < -0.3 is 45.1 Å². The molecule has 1 amide bonds. The minimum absolute atomic E-state index is 0.121. The minimum Gasteiger partial charge on any atom is -0.454 e. The number of carbonyl (C=O) groups excluding carboxylic acids is 2. The lowest BCUT2D eigenvalue weighted by Crippen LogP contribution is -2.61. The van der Waals surface area contributed by atoms with Crippen molar-refractivity contribution < 1.29 is 49.3 Å². The molecule has 0 aliphatic carbocycles. The second kappa shape index (κ2) is 65.2. The number of amides is 1. The number of aliphatic hydroxyl groups is 5. The maximum Gasteiger partial charge on any atom is 0.306 e. The fraction of sp³-hybridized carbons (Fsp3) is 0.821. The van der Waals surface area contributed by atoms with Gasteiger partial charge in [-0.2, -0.15) is 0 Å². The van der Waals surface area contributed by atoms with E-state index < -0.39 is 67.4 Å². The highest BCUT2D eigenvalue weighted by molar-refractivity contribution is 5.80. The maximum atomic E-state index is 13.5. The number of hydrogen-bond acceptors (Lipinski definition) is 10. The number of hydrogen-bond donors (Lipinski definition) is 6. The van der Waals surface area contributed by atoms with Gasteiger partial charge in [-0.3, -0.25) is 9.59 Å². The van der Waals surface area contributed by atoms with Crippen LogP contribution in [0.4, 0.5) is 0 Å². The molecule has 0 spiro atoms. The van der Waals surface area contributed by atoms with Crippen molar-refractivity contribution in [3.05, 3.63) is 72.9 Å². The molecule has 8 atom stereocenters. The van der Waals surface area contributed by atoms with Crippen LogP contribution in [0.3, 0.4) is 0 Å². The van der Waals surface area contributed by atoms with E-state index in [1.54, 1.807) is 6.08 Å². The van der Waals surface area contributed by atoms with E-state index in [0.717, 1.165) is 77.0 Å². The van der Waals surface area contributed by atoms with Crippen LogP contribution in [0.1, 0.15) is 348 Å². The molecule has 11 nitrogen and oxygen atoms in total. The van der Waals surface area contributed by atoms with Crippen LogP contribution in [0, 0.1) is 0 Å². The third-order valence-corrected chi connectivity index (χ3v) is 17.6. The molecule has 11 heteroatoms. The van der Waals surface area contributed by atoms with Crippen LogP contribution in [0.5, 0.6) is 0 Å². The summed E-state index contributed by atoms with van der Waals surface area (Å²) in [7, 11) is 0. The van der Waals surface area contributed by atoms with Gasteiger partial charge in [0.05, 0.1) is 25.4 Å². The molecule has 6 N–H and O–H groups in total. The standard InChI is InChI=1S/C78H141NO10/c1-4-7-10-13-16-19-22-24-26-28-30-32-34-36-38-40-42-44-46-48-51-54-57-60-63-66-73(83)89-76-75(85)74(84)72(67-80)88-78(76)87-68-69(70(81)64-61-58-55-52-49-21-18-15-12-9-6-3)79-77(86)71(82)65-62-59-56-53-50-47-45-43-41-39-37-35-33-31-29-27-25-23-20-17-14-11-8-5-2/h16-17,19-20,24-27,30,32,61,64,69-72,74-76,78,80-82,84-85H,4-15,18,21-23,28-29,31,33-60,62-63,65-68H2,1-3H3,(H,79,86)/b19-16-,20-17-,26-24-,27-25-,32-30-,64-61+. The number of nitrogens with one attached hydrogen (secondary N) is 1. The van der Waals surface area contributed by atoms with Gasteiger partial charge in [-0.1, -0.05) is 318 Å². The Morgan fingerprint density at radius 2 is 0.775 bits per heavy atom. The molecule has 1 aliphatic rings. The summed E-state index contributed by atoms with van der Waals surface area (Å²) in [6, 6.07) is -1.03. The van der Waals surface area contributed by atoms with Crippen molar-refractivity contribution in [2.45, 2.75) is 397 Å². The van der Waals surface area contributed by atoms with Gasteiger partial charge >= 0.3 is 5.97 Å². The largest absolute Gasteiger partial charge is 0.454 e. The first kappa shape index (κ1) is 84.1. The third-order valence-electron chi connectivity index (χ3n) is 17.6. The third kappa shape index (κ3) is 52.2. The van der Waals surface area contributed by atoms with E-state index >= 15 is 0 Å². The quantitative estimate of drug-likeness (QED) is 0.0195. The summed E-state index contributed by atoms with van der Waals surface area (Å²) in [5, 5.41) is 57.3. The predicted octanol–water partition coefficient (Wildman–Crippen LogP) is 19.9. The van der Waals surface area contributed by atoms with Crippen molar-refractivity contribution in [1.29, 1.82) is 0 Å². The summed E-state index contributed by atoms with van der Waals surface area (Å²) >= 11 is 0. The summed E-state index contributed by atoms with van der Waals surface area (Å²) < 4.78 is 17.7. The summed E-state index contributed by atoms with van der Waals surface area (Å²) in [4.78, 5) is 26.7. The molecular weight excluding hydrogens is 1110 g/mol. The Balaban J connectivity index is 2.51. The molecule has 0 bridgehead atoms. The number of rotatable bonds is 65. The van der Waals surface area contributed by atoms with E-state index in [1.165, 1.54) is 225 Å². The molecule has 1 heterocycles. The summed E-state index contributed by atoms with van der Waals surface area (Å²) in [5.74, 6) is -1.19. The van der Waals surface area contributed by atoms with Gasteiger partial charge in [0.15, 0.2) is 12.4 Å². The Morgan fingerprint density at radius 1 is 0.438 bits per heavy atom. The first-order valence-corrected chi connectivity index (χ1v) is 37.7. The lowest BCUT2D eigenvalue weighted by Gasteiger charge is -2.41. The minimum atomic E-state index is -1.62. The molecule has 0 aromatic heterocycles. The van der Waals surface area contributed by atoms with E-state index in [-0.39, 0.29) is 13.0 Å². The topological polar surface area (TPSA) is 175 Å². The van der Waals surface area contributed by atoms with Crippen LogP contribution >= 0.6 is 0 Å². The van der Waals surface area contributed by atoms with Crippen molar-refractivity contribution >= 4 is 11.9 Å². The van der Waals surface area contributed by atoms with Crippen molar-refractivity contribution in [2.24, 2.45) is 0 Å². The Morgan fingerprint density at radius 3 is 1.18 bits per heavy atom. The second-order valence-electron chi connectivity index (χ2n) is 26.0. The second-order valence-corrected chi connectivity index (χ2v) is 26.0. The lowest BCUT2D eigenvalue weighted by molar-refractivity contribution is -0.305. The van der Waals surface area contributed by atoms with Crippen molar-refractivity contribution in [3.8, 4) is 0 Å². The molecule has 518 valence electrons. The molecule has 0 aromatic rings. The highest BCUT2D eigenvalue weighted by atomic mass is 16.7. The SMILES string of the molecule is CCCCC/C=C\C/C=C\C/C=C\CCCCCCCCCCCCCCC(=O)OC1C(OCC(NC(=O)C(O)CCCCCCCCCCCCCCCC/C=C\C/C=C\CCCCC)C(O)/C=C/CCCCCCCCCCC)OC(CO)C(O)C1O. The Bertz CT molecular complexity index is 1730. The highest BCUT2D eigenvalue weighted by Crippen LogP contribution is 2.26. The van der Waals surface area contributed by atoms with Gasteiger partial charge in [0.1, 0.15) is 24.4 Å². The van der Waals surface area contributed by atoms with Crippen LogP contribution in [0.25, 0.3) is 0 Å². The Hall–Kier alpha value is -2.90. The molecule has 0 saturated carbocycles. The fourth-order valence-corrected chi connectivity index (χ4v) is 11.6. The maximum absolute atomic E-state index is 13.5. The summed E-state index contributed by atoms with van der Waals surface area (Å²) in [6.45, 7) is 5.78. The van der Waals surface area contributed by atoms with Crippen LogP contribution in [-0.2, 0) is 23.8 Å². The molecule has 89 heavy (non-hydrogen) atoms. The lowest BCUT2D eigenvalue weighted by atomic mass is 9.99. The summed E-state index contributed by atoms with van der Waals surface area (Å²) in [5.41, 5.74) is 0. The number of carbonyl (C=O) groups is 2. The van der Waals surface area contributed by atoms with E-state index in [4.69, 9.17) is 14.2 Å². The molecule has 1 aliphatic heterocycles. The van der Waals surface area contributed by atoms with Crippen molar-refractivity contribution in [2.75, 3.05) is 13.2 Å². The average molecular weight is 1250 g/mol. The molecule has 8 unspecified atom stereocenters. The zero-order chi connectivity index (χ0) is 64.6. The first-order valence-electron chi connectivity index (χ1n) is 37.7. The van der Waals surface area contributed by atoms with Gasteiger partial charge in [0.25, 0.3) is 0 Å². The van der Waals surface area contributed by atoms with E-state index in [1.807, 2.05) is 6.08 Å². The van der Waals surface area contributed by atoms with Crippen LogP contribution in [-0.4, -0.2) is 99.6 Å². The Labute approximate surface area is 547 Å². The van der Waals surface area contributed by atoms with Gasteiger partial charge in [0.2, 0.25) is 5.91 Å². The van der Waals surface area contributed by atoms with E-state index in [9.17, 15) is 35.1 Å². The predicted molar refractivity (Wildman–Crippen MR) is 375 cm³/mol. The summed E-state index contributed by atoms with van der Waals surface area (Å²) in [6.07, 6.45) is 75.2. The average Bonchev–Trinajstić information content (AvgIpc) is 3.71. The highest BCUT2D eigenvalue weighted by Gasteiger charge is 2.47. The van der Waals surface area contributed by atoms with Crippen LogP contribution < -0.4 is 5.32 Å². The van der Waals surface area contributed by atoms with Gasteiger partial charge in [-0.15, -0.1) is 0 Å². The van der Waals surface area contributed by atoms with Crippen molar-refractivity contribution in [3.63, 3.8) is 0 Å². The molecule has 1 fully saturated rings. The van der Waals surface area contributed by atoms with Gasteiger partial charge in [-0.25, -0.2) is 0 Å². The zero-order valence-corrected chi connectivity index (χ0v) is 57.8. The monoisotopic (exact) mass is 1250 g/mol. The zero-order valence-electron chi connectivity index (χ0n) is 57.8. The number of aliphatic hydroxyl groups excluding tert-OH is 5. The van der Waals surface area contributed by atoms with E-state index in [0.29, 0.717) is 19.3 Å². The van der Waals surface area contributed by atoms with E-state index in [2.05, 4.69) is 86.8 Å². The molecule has 1 rings (SSSR count). The van der Waals surface area contributed by atoms with Crippen molar-refractivity contribution in [1.82, 2.24) is 5.32 Å². The molecule has 1 saturated heterocycles. The van der Waals surface area contributed by atoms with Gasteiger partial charge in [-0.05, 0) is 96.3 Å². The van der Waals surface area contributed by atoms with Crippen LogP contribution in [0.15, 0.2) is 72.9 Å². The van der Waals surface area contributed by atoms with Crippen LogP contribution in [0.2, 0.25) is 0 Å². The number of ether oxygens (including phenoxy) is 3. The number of unbranched alkanes of at least 4 members (excludes halogenated alkanes) is 41.